The van der Waals surface area contributed by atoms with Gasteiger partial charge in [-0.05, 0) is 91.9 Å². The monoisotopic (exact) mass is 624 g/mol. The van der Waals surface area contributed by atoms with Crippen molar-refractivity contribution < 1.29 is 14.0 Å². The van der Waals surface area contributed by atoms with Crippen molar-refractivity contribution >= 4 is 30.4 Å². The van der Waals surface area contributed by atoms with E-state index in [2.05, 4.69) is 115 Å². The van der Waals surface area contributed by atoms with Crippen molar-refractivity contribution in [3.63, 3.8) is 0 Å². The Bertz CT molecular complexity index is 1570. The largest absolute Gasteiger partial charge is 0.444 e. The Morgan fingerprint density at radius 1 is 0.889 bits per heavy atom. The van der Waals surface area contributed by atoms with Crippen LogP contribution in [0.15, 0.2) is 79.0 Å². The van der Waals surface area contributed by atoms with E-state index >= 15 is 0 Å². The van der Waals surface area contributed by atoms with Crippen molar-refractivity contribution in [2.45, 2.75) is 109 Å². The number of hydrogen-bond acceptors (Lipinski definition) is 5. The van der Waals surface area contributed by atoms with Gasteiger partial charge in [0.2, 0.25) is 0 Å². The van der Waals surface area contributed by atoms with Gasteiger partial charge in [-0.25, -0.2) is 4.79 Å². The molecule has 8 heteroatoms. The summed E-state index contributed by atoms with van der Waals surface area (Å²) in [7, 11) is -2.73. The minimum Gasteiger partial charge on any atom is -0.444 e. The van der Waals surface area contributed by atoms with Gasteiger partial charge in [-0.15, -0.1) is 10.2 Å². The van der Waals surface area contributed by atoms with Gasteiger partial charge in [-0.2, -0.15) is 0 Å². The molecule has 2 heterocycles. The molecule has 0 spiro atoms. The normalized spacial score (nSPS) is 20.1. The fourth-order valence-electron chi connectivity index (χ4n) is 7.13. The predicted molar refractivity (Wildman–Crippen MR) is 182 cm³/mol. The Balaban J connectivity index is 1.30. The van der Waals surface area contributed by atoms with Gasteiger partial charge in [0.15, 0.2) is 5.65 Å². The summed E-state index contributed by atoms with van der Waals surface area (Å²) < 4.78 is 15.3. The van der Waals surface area contributed by atoms with E-state index in [9.17, 15) is 4.79 Å². The summed E-state index contributed by atoms with van der Waals surface area (Å²) in [4.78, 5) is 12.5. The maximum atomic E-state index is 12.5. The number of nitrogens with zero attached hydrogens (tertiary/aromatic N) is 3. The van der Waals surface area contributed by atoms with Crippen molar-refractivity contribution in [3.05, 3.63) is 90.4 Å². The number of benzene rings is 2. The quantitative estimate of drug-likeness (QED) is 0.208. The summed E-state index contributed by atoms with van der Waals surface area (Å²) >= 11 is 0. The van der Waals surface area contributed by atoms with E-state index in [0.717, 1.165) is 37.2 Å². The lowest BCUT2D eigenvalue weighted by Crippen LogP contribution is -2.67. The molecule has 7 nitrogen and oxygen atoms in total. The highest BCUT2D eigenvalue weighted by molar-refractivity contribution is 6.99. The van der Waals surface area contributed by atoms with E-state index in [-0.39, 0.29) is 29.2 Å². The Hall–Kier alpha value is -3.49. The van der Waals surface area contributed by atoms with Crippen molar-refractivity contribution in [2.75, 3.05) is 0 Å². The Morgan fingerprint density at radius 3 is 2.11 bits per heavy atom. The van der Waals surface area contributed by atoms with Crippen molar-refractivity contribution in [1.82, 2.24) is 19.9 Å². The summed E-state index contributed by atoms with van der Waals surface area (Å²) in [6.07, 6.45) is 7.90. The molecule has 0 radical (unpaired) electrons. The number of carbonyl (C=O) groups excluding carboxylic acids is 1. The van der Waals surface area contributed by atoms with Crippen LogP contribution >= 0.6 is 0 Å². The SMILES string of the molecule is CC(C)(C)OC(=O)N[C@@H]1CCC[C@H](c2nnc3cc(C(O[Si](c4ccccc4)(c4ccccc4)C(C)(C)C)C4CC4)ccn23)C1. The number of fused-ring (bicyclic) bond motifs is 1. The van der Waals surface area contributed by atoms with Gasteiger partial charge < -0.3 is 14.5 Å². The summed E-state index contributed by atoms with van der Waals surface area (Å²) in [5.41, 5.74) is 1.50. The van der Waals surface area contributed by atoms with Crippen LogP contribution in [0, 0.1) is 5.92 Å². The summed E-state index contributed by atoms with van der Waals surface area (Å²) in [5, 5.41) is 15.0. The zero-order valence-electron chi connectivity index (χ0n) is 27.6. The molecule has 2 aromatic heterocycles. The van der Waals surface area contributed by atoms with Crippen LogP contribution in [-0.4, -0.2) is 40.7 Å². The van der Waals surface area contributed by atoms with Crippen LogP contribution < -0.4 is 15.7 Å². The van der Waals surface area contributed by atoms with Crippen LogP contribution in [-0.2, 0) is 9.16 Å². The first kappa shape index (κ1) is 31.5. The molecule has 2 fully saturated rings. The maximum Gasteiger partial charge on any atom is 0.407 e. The van der Waals surface area contributed by atoms with Crippen LogP contribution in [0.3, 0.4) is 0 Å². The van der Waals surface area contributed by atoms with E-state index in [1.54, 1.807) is 0 Å². The second kappa shape index (κ2) is 12.4. The minimum absolute atomic E-state index is 0.0291. The number of ether oxygens (including phenoxy) is 1. The molecular formula is C37H48N4O3Si. The van der Waals surface area contributed by atoms with Crippen LogP contribution in [0.5, 0.6) is 0 Å². The number of carbonyl (C=O) groups is 1. The molecule has 2 aliphatic carbocycles. The first-order valence-corrected chi connectivity index (χ1v) is 18.5. The molecule has 2 aromatic carbocycles. The van der Waals surface area contributed by atoms with Gasteiger partial charge in [0.05, 0.1) is 6.10 Å². The van der Waals surface area contributed by atoms with Gasteiger partial charge in [0.25, 0.3) is 8.32 Å². The fourth-order valence-corrected chi connectivity index (χ4v) is 11.9. The molecule has 0 aliphatic heterocycles. The molecule has 45 heavy (non-hydrogen) atoms. The maximum absolute atomic E-state index is 12.5. The highest BCUT2D eigenvalue weighted by atomic mass is 28.4. The van der Waals surface area contributed by atoms with Gasteiger partial charge in [-0.3, -0.25) is 4.40 Å². The van der Waals surface area contributed by atoms with Crippen LogP contribution in [0.2, 0.25) is 5.04 Å². The van der Waals surface area contributed by atoms with Crippen LogP contribution in [0.1, 0.15) is 103 Å². The minimum atomic E-state index is -2.73. The predicted octanol–water partition coefficient (Wildman–Crippen LogP) is 7.31. The number of rotatable bonds is 8. The number of amides is 1. The second-order valence-corrected chi connectivity index (χ2v) is 19.2. The Labute approximate surface area is 268 Å². The molecule has 1 unspecified atom stereocenters. The number of hydrogen-bond donors (Lipinski definition) is 1. The lowest BCUT2D eigenvalue weighted by Gasteiger charge is -2.45. The summed E-state index contributed by atoms with van der Waals surface area (Å²) in [6.45, 7) is 12.7. The standard InChI is InChI=1S/C37H48N4O3Si/c1-36(2,3)43-35(42)38-29-15-13-14-28(24-29)34-40-39-32-25-27(22-23-41(32)34)33(26-20-21-26)44-45(37(4,5)6,30-16-9-7-10-17-30)31-18-11-8-12-19-31/h7-12,16-19,22-23,25-26,28-29,33H,13-15,20-21,24H2,1-6H3,(H,38,42)/t28-,29+,33?/m0/s1. The second-order valence-electron chi connectivity index (χ2n) is 15.0. The molecule has 1 N–H and O–H groups in total. The fraction of sp³-hybridized carbons (Fsp3) is 0.486. The number of alkyl carbamates (subject to hydrolysis) is 1. The van der Waals surface area contributed by atoms with Crippen LogP contribution in [0.25, 0.3) is 5.65 Å². The van der Waals surface area contributed by atoms with E-state index in [1.165, 1.54) is 28.8 Å². The average molecular weight is 625 g/mol. The first-order valence-electron chi connectivity index (χ1n) is 16.6. The summed E-state index contributed by atoms with van der Waals surface area (Å²) in [5.74, 6) is 1.66. The molecule has 2 aliphatic rings. The highest BCUT2D eigenvalue weighted by Crippen LogP contribution is 2.48. The lowest BCUT2D eigenvalue weighted by atomic mass is 9.85. The topological polar surface area (TPSA) is 77.8 Å². The third-order valence-electron chi connectivity index (χ3n) is 9.32. The highest BCUT2D eigenvalue weighted by Gasteiger charge is 2.53. The van der Waals surface area contributed by atoms with E-state index in [0.29, 0.717) is 5.92 Å². The molecule has 6 rings (SSSR count). The first-order chi connectivity index (χ1) is 21.4. The molecule has 0 bridgehead atoms. The molecule has 1 amide bonds. The van der Waals surface area contributed by atoms with Gasteiger partial charge >= 0.3 is 6.09 Å². The number of pyridine rings is 1. The van der Waals surface area contributed by atoms with Crippen LogP contribution in [0.4, 0.5) is 4.79 Å². The van der Waals surface area contributed by atoms with E-state index in [4.69, 9.17) is 14.3 Å². The molecular weight excluding hydrogens is 577 g/mol. The van der Waals surface area contributed by atoms with Gasteiger partial charge in [-0.1, -0.05) is 87.9 Å². The zero-order chi connectivity index (χ0) is 31.8. The lowest BCUT2D eigenvalue weighted by molar-refractivity contribution is 0.0490. The van der Waals surface area contributed by atoms with Crippen molar-refractivity contribution in [2.24, 2.45) is 5.92 Å². The van der Waals surface area contributed by atoms with Gasteiger partial charge in [0, 0.05) is 18.2 Å². The molecule has 3 atom stereocenters. The third kappa shape index (κ3) is 6.72. The van der Waals surface area contributed by atoms with E-state index in [1.807, 2.05) is 20.8 Å². The molecule has 2 saturated carbocycles. The Kier molecular flexibility index (Phi) is 8.65. The molecule has 4 aromatic rings. The smallest absolute Gasteiger partial charge is 0.407 e. The Morgan fingerprint density at radius 2 is 1.53 bits per heavy atom. The van der Waals surface area contributed by atoms with Gasteiger partial charge in [0.1, 0.15) is 11.4 Å². The average Bonchev–Trinajstić information content (AvgIpc) is 3.75. The van der Waals surface area contributed by atoms with Crippen molar-refractivity contribution in [1.29, 1.82) is 0 Å². The zero-order valence-corrected chi connectivity index (χ0v) is 28.6. The third-order valence-corrected chi connectivity index (χ3v) is 14.3. The molecule has 0 saturated heterocycles. The van der Waals surface area contributed by atoms with Crippen molar-refractivity contribution in [3.8, 4) is 0 Å². The number of aromatic nitrogens is 3. The molecule has 238 valence electrons. The van der Waals surface area contributed by atoms with E-state index < -0.39 is 13.9 Å². The number of nitrogens with one attached hydrogen (secondary N) is 1. The summed E-state index contributed by atoms with van der Waals surface area (Å²) in [6, 6.07) is 26.3.